The van der Waals surface area contributed by atoms with Gasteiger partial charge in [-0.1, -0.05) is 43.5 Å². The van der Waals surface area contributed by atoms with Crippen molar-refractivity contribution in [1.29, 1.82) is 0 Å². The predicted molar refractivity (Wildman–Crippen MR) is 145 cm³/mol. The minimum absolute atomic E-state index is 0.347. The molecule has 4 rings (SSSR count). The first-order valence-electron chi connectivity index (χ1n) is 11.9. The third-order valence-corrected chi connectivity index (χ3v) is 7.09. The van der Waals surface area contributed by atoms with Crippen LogP contribution in [0.25, 0.3) is 12.2 Å². The molecule has 0 radical (unpaired) electrons. The van der Waals surface area contributed by atoms with Crippen LogP contribution in [0.5, 0.6) is 11.5 Å². The predicted octanol–water partition coefficient (Wildman–Crippen LogP) is 5.74. The number of rotatable bonds is 12. The van der Waals surface area contributed by atoms with Crippen LogP contribution >= 0.6 is 23.5 Å². The molecule has 192 valence electrons. The van der Waals surface area contributed by atoms with Gasteiger partial charge in [-0.05, 0) is 83.9 Å². The summed E-state index contributed by atoms with van der Waals surface area (Å²) >= 11 is 1.81. The molecular formula is C27H26N2O6S2. The second-order valence-electron chi connectivity index (χ2n) is 8.31. The maximum Gasteiger partial charge on any atom is 0.290 e. The fraction of sp³-hybridized carbons (Fsp3) is 0.259. The molecule has 37 heavy (non-hydrogen) atoms. The van der Waals surface area contributed by atoms with Crippen LogP contribution in [0, 0.1) is 0 Å². The monoisotopic (exact) mass is 538 g/mol. The van der Waals surface area contributed by atoms with Crippen LogP contribution < -0.4 is 20.1 Å². The molecule has 2 saturated heterocycles. The Kier molecular flexibility index (Phi) is 9.45. The molecule has 2 aromatic rings. The number of carbonyl (C=O) groups is 4. The van der Waals surface area contributed by atoms with Gasteiger partial charge >= 0.3 is 0 Å². The van der Waals surface area contributed by atoms with Crippen LogP contribution in [0.4, 0.5) is 9.59 Å². The zero-order chi connectivity index (χ0) is 26.0. The number of carbonyl (C=O) groups excluding carboxylic acids is 4. The number of hydrogen-bond acceptors (Lipinski definition) is 8. The summed E-state index contributed by atoms with van der Waals surface area (Å²) in [5.74, 6) is 0.828. The van der Waals surface area contributed by atoms with Gasteiger partial charge in [0.1, 0.15) is 11.5 Å². The summed E-state index contributed by atoms with van der Waals surface area (Å²) in [5.41, 5.74) is 1.68. The second-order valence-corrected chi connectivity index (χ2v) is 10.3. The standard InChI is InChI=1S/C27H26N2O6S2/c30-24-22(36-26(32)28-24)16-18-6-10-20(11-7-18)34-14-4-2-1-3-5-15-35-21-12-8-19(9-13-21)17-23-25(31)29-27(33)37-23/h6-13,16-17H,1-5,14-15H2,(H,28,30,32)(H,29,31,33)/b22-16+,23-17+. The lowest BCUT2D eigenvalue weighted by atomic mass is 10.1. The van der Waals surface area contributed by atoms with Crippen molar-refractivity contribution >= 4 is 58.0 Å². The van der Waals surface area contributed by atoms with E-state index in [1.807, 2.05) is 48.5 Å². The van der Waals surface area contributed by atoms with Crippen LogP contribution in [0.3, 0.4) is 0 Å². The number of benzene rings is 2. The maximum absolute atomic E-state index is 11.6. The van der Waals surface area contributed by atoms with Crippen molar-refractivity contribution in [3.05, 3.63) is 69.5 Å². The van der Waals surface area contributed by atoms with Gasteiger partial charge in [-0.15, -0.1) is 0 Å². The van der Waals surface area contributed by atoms with Crippen molar-refractivity contribution in [2.45, 2.75) is 32.1 Å². The first-order chi connectivity index (χ1) is 18.0. The molecule has 10 heteroatoms. The summed E-state index contributed by atoms with van der Waals surface area (Å²) in [6.45, 7) is 1.28. The van der Waals surface area contributed by atoms with Crippen LogP contribution in [-0.2, 0) is 9.59 Å². The molecular weight excluding hydrogens is 512 g/mol. The van der Waals surface area contributed by atoms with Gasteiger partial charge in [0.25, 0.3) is 22.3 Å². The van der Waals surface area contributed by atoms with Gasteiger partial charge in [-0.25, -0.2) is 0 Å². The van der Waals surface area contributed by atoms with Gasteiger partial charge in [-0.3, -0.25) is 29.8 Å². The molecule has 2 aliphatic heterocycles. The average molecular weight is 539 g/mol. The Morgan fingerprint density at radius 1 is 0.568 bits per heavy atom. The number of nitrogens with one attached hydrogen (secondary N) is 2. The van der Waals surface area contributed by atoms with Gasteiger partial charge in [0, 0.05) is 0 Å². The van der Waals surface area contributed by atoms with Crippen LogP contribution in [-0.4, -0.2) is 35.5 Å². The van der Waals surface area contributed by atoms with Crippen LogP contribution in [0.2, 0.25) is 0 Å². The minimum atomic E-state index is -0.360. The van der Waals surface area contributed by atoms with E-state index >= 15 is 0 Å². The average Bonchev–Trinajstić information content (AvgIpc) is 3.37. The highest BCUT2D eigenvalue weighted by atomic mass is 32.2. The van der Waals surface area contributed by atoms with Crippen molar-refractivity contribution in [3.63, 3.8) is 0 Å². The van der Waals surface area contributed by atoms with E-state index in [4.69, 9.17) is 9.47 Å². The number of hydrogen-bond donors (Lipinski definition) is 2. The molecule has 0 unspecified atom stereocenters. The molecule has 8 nitrogen and oxygen atoms in total. The Bertz CT molecular complexity index is 1130. The normalized spacial score (nSPS) is 17.4. The van der Waals surface area contributed by atoms with Crippen LogP contribution in [0.15, 0.2) is 58.3 Å². The lowest BCUT2D eigenvalue weighted by Gasteiger charge is -2.08. The molecule has 2 N–H and O–H groups in total. The lowest BCUT2D eigenvalue weighted by molar-refractivity contribution is -0.116. The zero-order valence-corrected chi connectivity index (χ0v) is 21.6. The maximum atomic E-state index is 11.6. The highest BCUT2D eigenvalue weighted by Crippen LogP contribution is 2.27. The third-order valence-electron chi connectivity index (χ3n) is 5.47. The molecule has 0 aliphatic carbocycles. The molecule has 0 bridgehead atoms. The zero-order valence-electron chi connectivity index (χ0n) is 20.0. The highest BCUT2D eigenvalue weighted by Gasteiger charge is 2.25. The molecule has 4 amide bonds. The Labute approximate surface area is 223 Å². The Balaban J connectivity index is 1.05. The van der Waals surface area contributed by atoms with Gasteiger partial charge in [0.2, 0.25) is 0 Å². The quantitative estimate of drug-likeness (QED) is 0.260. The third kappa shape index (κ3) is 8.26. The molecule has 2 fully saturated rings. The minimum Gasteiger partial charge on any atom is -0.494 e. The van der Waals surface area contributed by atoms with Gasteiger partial charge in [0.15, 0.2) is 0 Å². The summed E-state index contributed by atoms with van der Waals surface area (Å²) in [6, 6.07) is 14.9. The van der Waals surface area contributed by atoms with E-state index in [2.05, 4.69) is 10.6 Å². The fourth-order valence-electron chi connectivity index (χ4n) is 3.58. The van der Waals surface area contributed by atoms with E-state index in [1.165, 1.54) is 0 Å². The summed E-state index contributed by atoms with van der Waals surface area (Å²) in [4.78, 5) is 46.5. The topological polar surface area (TPSA) is 111 Å². The number of amides is 4. The van der Waals surface area contributed by atoms with Crippen molar-refractivity contribution in [2.75, 3.05) is 13.2 Å². The molecule has 2 heterocycles. The van der Waals surface area contributed by atoms with Gasteiger partial charge in [-0.2, -0.15) is 0 Å². The molecule has 0 aromatic heterocycles. The number of imide groups is 2. The summed E-state index contributed by atoms with van der Waals surface area (Å²) in [5, 5.41) is 3.79. The van der Waals surface area contributed by atoms with Crippen molar-refractivity contribution in [2.24, 2.45) is 0 Å². The highest BCUT2D eigenvalue weighted by molar-refractivity contribution is 8.18. The summed E-state index contributed by atoms with van der Waals surface area (Å²) in [7, 11) is 0. The second kappa shape index (κ2) is 13.2. The Morgan fingerprint density at radius 3 is 1.30 bits per heavy atom. The van der Waals surface area contributed by atoms with Crippen molar-refractivity contribution in [1.82, 2.24) is 10.6 Å². The fourth-order valence-corrected chi connectivity index (χ4v) is 4.94. The first kappa shape index (κ1) is 26.6. The Morgan fingerprint density at radius 2 is 0.946 bits per heavy atom. The van der Waals surface area contributed by atoms with Crippen molar-refractivity contribution < 1.29 is 28.7 Å². The van der Waals surface area contributed by atoms with E-state index in [-0.39, 0.29) is 22.3 Å². The van der Waals surface area contributed by atoms with E-state index in [0.29, 0.717) is 23.0 Å². The molecule has 0 saturated carbocycles. The molecule has 2 aliphatic rings. The molecule has 2 aromatic carbocycles. The number of ether oxygens (including phenoxy) is 2. The van der Waals surface area contributed by atoms with Gasteiger partial charge < -0.3 is 9.47 Å². The molecule has 0 atom stereocenters. The smallest absolute Gasteiger partial charge is 0.290 e. The Hall–Kier alpha value is -3.50. The van der Waals surface area contributed by atoms with E-state index in [0.717, 1.165) is 78.3 Å². The van der Waals surface area contributed by atoms with Crippen LogP contribution in [0.1, 0.15) is 43.2 Å². The molecule has 0 spiro atoms. The van der Waals surface area contributed by atoms with Crippen molar-refractivity contribution in [3.8, 4) is 11.5 Å². The van der Waals surface area contributed by atoms with E-state index in [1.54, 1.807) is 12.2 Å². The largest absolute Gasteiger partial charge is 0.494 e. The number of unbranched alkanes of at least 4 members (excludes halogenated alkanes) is 4. The SMILES string of the molecule is O=C1NC(=O)/C(=C\c2ccc(OCCCCCCCOc3ccc(/C=C4/SC(=O)NC4=O)cc3)cc2)S1. The van der Waals surface area contributed by atoms with Gasteiger partial charge in [0.05, 0.1) is 23.0 Å². The summed E-state index contributed by atoms with van der Waals surface area (Å²) in [6.07, 6.45) is 8.54. The lowest BCUT2D eigenvalue weighted by Crippen LogP contribution is -2.17. The van der Waals surface area contributed by atoms with E-state index < -0.39 is 0 Å². The van der Waals surface area contributed by atoms with E-state index in [9.17, 15) is 19.2 Å². The first-order valence-corrected chi connectivity index (χ1v) is 13.5. The number of thioether (sulfide) groups is 2. The summed E-state index contributed by atoms with van der Waals surface area (Å²) < 4.78 is 11.6.